The van der Waals surface area contributed by atoms with Crippen LogP contribution in [0.25, 0.3) is 0 Å². The second-order valence-electron chi connectivity index (χ2n) is 7.89. The number of thiophene rings is 1. The van der Waals surface area contributed by atoms with E-state index in [1.807, 2.05) is 9.80 Å². The van der Waals surface area contributed by atoms with Crippen LogP contribution >= 0.6 is 11.3 Å². The molecule has 1 aromatic heterocycles. The van der Waals surface area contributed by atoms with Crippen LogP contribution in [0.4, 0.5) is 23.9 Å². The molecule has 2 aromatic rings. The van der Waals surface area contributed by atoms with Gasteiger partial charge >= 0.3 is 6.18 Å². The van der Waals surface area contributed by atoms with Gasteiger partial charge in [-0.05, 0) is 49.4 Å². The molecule has 4 rings (SSSR count). The van der Waals surface area contributed by atoms with E-state index in [0.717, 1.165) is 37.3 Å². The van der Waals surface area contributed by atoms with Crippen molar-refractivity contribution in [3.63, 3.8) is 0 Å². The Kier molecular flexibility index (Phi) is 6.21. The molecule has 31 heavy (non-hydrogen) atoms. The summed E-state index contributed by atoms with van der Waals surface area (Å²) in [5.41, 5.74) is 1.58. The third kappa shape index (κ3) is 4.86. The van der Waals surface area contributed by atoms with Crippen molar-refractivity contribution in [2.24, 2.45) is 0 Å². The molecule has 2 heterocycles. The van der Waals surface area contributed by atoms with Crippen LogP contribution in [0.5, 0.6) is 0 Å². The Balaban J connectivity index is 1.33. The number of fused-ring (bicyclic) bond motifs is 1. The van der Waals surface area contributed by atoms with Gasteiger partial charge in [-0.1, -0.05) is 6.07 Å². The van der Waals surface area contributed by atoms with Crippen molar-refractivity contribution in [3.05, 3.63) is 45.8 Å². The van der Waals surface area contributed by atoms with Crippen LogP contribution < -0.4 is 10.2 Å². The summed E-state index contributed by atoms with van der Waals surface area (Å²) >= 11 is 1.50. The zero-order chi connectivity index (χ0) is 22.0. The fraction of sp³-hybridized carbons (Fsp3) is 0.455. The molecular formula is C22H23F3N4OS. The molecule has 0 bridgehead atoms. The number of carbonyl (C=O) groups excluding carboxylic acids is 1. The summed E-state index contributed by atoms with van der Waals surface area (Å²) in [6.07, 6.45) is -0.326. The number of nitrogens with one attached hydrogen (secondary N) is 1. The van der Waals surface area contributed by atoms with Crippen molar-refractivity contribution in [1.82, 2.24) is 4.90 Å². The van der Waals surface area contributed by atoms with Gasteiger partial charge in [-0.15, -0.1) is 11.3 Å². The second-order valence-corrected chi connectivity index (χ2v) is 8.99. The van der Waals surface area contributed by atoms with Crippen molar-refractivity contribution in [2.75, 3.05) is 42.9 Å². The number of amides is 1. The van der Waals surface area contributed by atoms with Crippen LogP contribution in [0.15, 0.2) is 24.3 Å². The number of carbonyl (C=O) groups is 1. The van der Waals surface area contributed by atoms with Crippen molar-refractivity contribution in [3.8, 4) is 6.07 Å². The number of benzene rings is 1. The average Bonchev–Trinajstić information content (AvgIpc) is 3.10. The summed E-state index contributed by atoms with van der Waals surface area (Å²) in [6, 6.07) is 7.59. The minimum Gasteiger partial charge on any atom is -0.369 e. The highest BCUT2D eigenvalue weighted by Crippen LogP contribution is 2.37. The Hall–Kier alpha value is -2.57. The second kappa shape index (κ2) is 8.89. The van der Waals surface area contributed by atoms with Crippen molar-refractivity contribution in [1.29, 1.82) is 5.26 Å². The summed E-state index contributed by atoms with van der Waals surface area (Å²) in [7, 11) is 0. The quantitative estimate of drug-likeness (QED) is 0.759. The summed E-state index contributed by atoms with van der Waals surface area (Å²) < 4.78 is 38.9. The number of rotatable bonds is 4. The lowest BCUT2D eigenvalue weighted by atomic mass is 9.96. The maximum atomic E-state index is 13.0. The first kappa shape index (κ1) is 21.7. The third-order valence-corrected chi connectivity index (χ3v) is 7.02. The van der Waals surface area contributed by atoms with Gasteiger partial charge < -0.3 is 10.2 Å². The molecule has 1 fully saturated rings. The number of alkyl halides is 3. The Morgan fingerprint density at radius 3 is 2.61 bits per heavy atom. The highest BCUT2D eigenvalue weighted by molar-refractivity contribution is 7.16. The van der Waals surface area contributed by atoms with E-state index in [1.165, 1.54) is 28.3 Å². The van der Waals surface area contributed by atoms with E-state index in [4.69, 9.17) is 0 Å². The van der Waals surface area contributed by atoms with E-state index in [0.29, 0.717) is 42.4 Å². The summed E-state index contributed by atoms with van der Waals surface area (Å²) in [5.74, 6) is -0.164. The van der Waals surface area contributed by atoms with Crippen molar-refractivity contribution in [2.45, 2.75) is 31.9 Å². The smallest absolute Gasteiger partial charge is 0.369 e. The fourth-order valence-electron chi connectivity index (χ4n) is 4.18. The number of aryl methyl sites for hydroxylation is 1. The zero-order valence-corrected chi connectivity index (χ0v) is 17.8. The van der Waals surface area contributed by atoms with Crippen molar-refractivity contribution >= 4 is 27.9 Å². The molecule has 5 nitrogen and oxygen atoms in total. The van der Waals surface area contributed by atoms with Gasteiger partial charge in [-0.3, -0.25) is 9.69 Å². The fourth-order valence-corrected chi connectivity index (χ4v) is 5.44. The van der Waals surface area contributed by atoms with Gasteiger partial charge in [-0.2, -0.15) is 18.4 Å². The molecule has 1 N–H and O–H groups in total. The molecule has 0 radical (unpaired) electrons. The van der Waals surface area contributed by atoms with E-state index >= 15 is 0 Å². The van der Waals surface area contributed by atoms with Gasteiger partial charge in [0.15, 0.2) is 0 Å². The number of halogens is 3. The standard InChI is InChI=1S/C22H23F3N4OS/c23-22(24,25)15-4-3-5-16(12-15)29-10-8-28(9-11-29)14-20(30)27-21-18(13-26)17-6-1-2-7-19(17)31-21/h3-5,12H,1-2,6-11,14H2,(H,27,30). The highest BCUT2D eigenvalue weighted by atomic mass is 32.1. The Bertz CT molecular complexity index is 1000. The first-order valence-electron chi connectivity index (χ1n) is 10.3. The van der Waals surface area contributed by atoms with Crippen LogP contribution in [0.3, 0.4) is 0 Å². The summed E-state index contributed by atoms with van der Waals surface area (Å²) in [4.78, 5) is 17.7. The normalized spacial score (nSPS) is 17.2. The summed E-state index contributed by atoms with van der Waals surface area (Å²) in [5, 5.41) is 13.1. The Labute approximate surface area is 183 Å². The van der Waals surface area contributed by atoms with Gasteiger partial charge in [0.05, 0.1) is 17.7 Å². The number of anilines is 2. The predicted molar refractivity (Wildman–Crippen MR) is 114 cm³/mol. The predicted octanol–water partition coefficient (Wildman–Crippen LogP) is 4.28. The molecule has 164 valence electrons. The van der Waals surface area contributed by atoms with Gasteiger partial charge in [0.25, 0.3) is 0 Å². The monoisotopic (exact) mass is 448 g/mol. The molecular weight excluding hydrogens is 425 g/mol. The first-order valence-corrected chi connectivity index (χ1v) is 11.2. The SMILES string of the molecule is N#Cc1c(NC(=O)CN2CCN(c3cccc(C(F)(F)F)c3)CC2)sc2c1CCCC2. The molecule has 0 saturated carbocycles. The van der Waals surface area contributed by atoms with Crippen LogP contribution in [-0.4, -0.2) is 43.5 Å². The van der Waals surface area contributed by atoms with E-state index in [-0.39, 0.29) is 12.5 Å². The molecule has 1 aliphatic heterocycles. The molecule has 0 unspecified atom stereocenters. The largest absolute Gasteiger partial charge is 0.416 e. The maximum Gasteiger partial charge on any atom is 0.416 e. The Morgan fingerprint density at radius 2 is 1.90 bits per heavy atom. The molecule has 1 aromatic carbocycles. The molecule has 1 amide bonds. The van der Waals surface area contributed by atoms with Gasteiger partial charge in [0.1, 0.15) is 11.1 Å². The van der Waals surface area contributed by atoms with E-state index < -0.39 is 11.7 Å². The lowest BCUT2D eigenvalue weighted by molar-refractivity contribution is -0.137. The number of nitriles is 1. The molecule has 2 aliphatic rings. The third-order valence-electron chi connectivity index (χ3n) is 5.81. The van der Waals surface area contributed by atoms with Crippen LogP contribution in [-0.2, 0) is 23.8 Å². The number of hydrogen-bond acceptors (Lipinski definition) is 5. The van der Waals surface area contributed by atoms with Gasteiger partial charge in [-0.25, -0.2) is 0 Å². The minimum atomic E-state index is -4.36. The van der Waals surface area contributed by atoms with E-state index in [1.54, 1.807) is 6.07 Å². The lowest BCUT2D eigenvalue weighted by Gasteiger charge is -2.35. The van der Waals surface area contributed by atoms with Crippen LogP contribution in [0.2, 0.25) is 0 Å². The zero-order valence-electron chi connectivity index (χ0n) is 17.0. The molecule has 0 spiro atoms. The van der Waals surface area contributed by atoms with Gasteiger partial charge in [0.2, 0.25) is 5.91 Å². The molecule has 9 heteroatoms. The minimum absolute atomic E-state index is 0.164. The average molecular weight is 449 g/mol. The lowest BCUT2D eigenvalue weighted by Crippen LogP contribution is -2.48. The van der Waals surface area contributed by atoms with E-state index in [9.17, 15) is 23.2 Å². The number of hydrogen-bond donors (Lipinski definition) is 1. The molecule has 0 atom stereocenters. The van der Waals surface area contributed by atoms with Crippen LogP contribution in [0, 0.1) is 11.3 Å². The van der Waals surface area contributed by atoms with Crippen molar-refractivity contribution < 1.29 is 18.0 Å². The number of nitrogens with zero attached hydrogens (tertiary/aromatic N) is 3. The van der Waals surface area contributed by atoms with E-state index in [2.05, 4.69) is 11.4 Å². The highest BCUT2D eigenvalue weighted by Gasteiger charge is 2.31. The molecule has 1 aliphatic carbocycles. The number of piperazine rings is 1. The van der Waals surface area contributed by atoms with Gasteiger partial charge in [0, 0.05) is 36.7 Å². The topological polar surface area (TPSA) is 59.4 Å². The first-order chi connectivity index (χ1) is 14.8. The maximum absolute atomic E-state index is 13.0. The Morgan fingerprint density at radius 1 is 1.16 bits per heavy atom. The summed E-state index contributed by atoms with van der Waals surface area (Å²) in [6.45, 7) is 2.45. The molecule has 1 saturated heterocycles. The van der Waals surface area contributed by atoms with Crippen LogP contribution in [0.1, 0.15) is 34.4 Å².